The van der Waals surface area contributed by atoms with Gasteiger partial charge in [-0.3, -0.25) is 9.69 Å². The molecule has 4 rings (SSSR count). The van der Waals surface area contributed by atoms with Crippen molar-refractivity contribution in [2.45, 2.75) is 70.5 Å². The van der Waals surface area contributed by atoms with E-state index in [1.165, 1.54) is 11.1 Å². The number of carboxylic acids is 1. The maximum Gasteiger partial charge on any atom is 0.490 e. The van der Waals surface area contributed by atoms with E-state index in [0.29, 0.717) is 25.8 Å². The number of aliphatic carboxylic acids is 1. The molecule has 0 unspecified atom stereocenters. The molecule has 1 aromatic heterocycles. The van der Waals surface area contributed by atoms with E-state index >= 15 is 0 Å². The Bertz CT molecular complexity index is 991. The average Bonchev–Trinajstić information content (AvgIpc) is 3.39. The van der Waals surface area contributed by atoms with Crippen LogP contribution in [0.1, 0.15) is 59.5 Å². The van der Waals surface area contributed by atoms with Crippen molar-refractivity contribution < 1.29 is 36.7 Å². The number of carbonyl (C=O) groups excluding carboxylic acids is 1. The molecule has 2 atom stereocenters. The number of hydrogen-bond acceptors (Lipinski definition) is 5. The van der Waals surface area contributed by atoms with Crippen molar-refractivity contribution in [3.63, 3.8) is 0 Å². The molecule has 11 heteroatoms. The molecule has 7 nitrogen and oxygen atoms in total. The van der Waals surface area contributed by atoms with Crippen LogP contribution in [0.4, 0.5) is 17.6 Å². The van der Waals surface area contributed by atoms with Gasteiger partial charge in [-0.1, -0.05) is 31.2 Å². The van der Waals surface area contributed by atoms with Gasteiger partial charge in [0.05, 0.1) is 5.69 Å². The standard InChI is InChI=1S/C21H26FN3O2.C2HF3O2/c1-2-14-3-5-15(6-4-14)12-25-10-9-19-18(13-25)24-21(27-19)20(26)23-17-8-7-16(22)11-17;3-2(4,5)1(6)7/h3-6,16-17H,2,7-13H2,1H3,(H,23,26);(H,6,7)/t16-,17-;/m1./s1. The number of aromatic nitrogens is 1. The van der Waals surface area contributed by atoms with Gasteiger partial charge >= 0.3 is 18.1 Å². The molecule has 0 spiro atoms. The number of fused-ring (bicyclic) bond motifs is 1. The van der Waals surface area contributed by atoms with Gasteiger partial charge in [0, 0.05) is 32.1 Å². The molecule has 34 heavy (non-hydrogen) atoms. The minimum Gasteiger partial charge on any atom is -0.475 e. The first-order chi connectivity index (χ1) is 16.0. The van der Waals surface area contributed by atoms with E-state index in [-0.39, 0.29) is 17.8 Å². The van der Waals surface area contributed by atoms with Gasteiger partial charge in [0.1, 0.15) is 11.9 Å². The maximum atomic E-state index is 13.3. The Morgan fingerprint density at radius 1 is 1.21 bits per heavy atom. The maximum absolute atomic E-state index is 13.3. The van der Waals surface area contributed by atoms with Crippen LogP contribution in [0.2, 0.25) is 0 Å². The highest BCUT2D eigenvalue weighted by Gasteiger charge is 2.38. The van der Waals surface area contributed by atoms with Crippen LogP contribution >= 0.6 is 0 Å². The molecular formula is C23H27F4N3O4. The van der Waals surface area contributed by atoms with E-state index in [0.717, 1.165) is 37.4 Å². The van der Waals surface area contributed by atoms with E-state index in [2.05, 4.69) is 46.4 Å². The quantitative estimate of drug-likeness (QED) is 0.621. The zero-order chi connectivity index (χ0) is 24.9. The molecule has 186 valence electrons. The fourth-order valence-corrected chi connectivity index (χ4v) is 3.93. The van der Waals surface area contributed by atoms with E-state index in [1.54, 1.807) is 0 Å². The van der Waals surface area contributed by atoms with Crippen LogP contribution < -0.4 is 5.32 Å². The molecule has 0 saturated heterocycles. The van der Waals surface area contributed by atoms with E-state index in [9.17, 15) is 22.4 Å². The van der Waals surface area contributed by atoms with Crippen LogP contribution in [0.25, 0.3) is 0 Å². The second-order valence-electron chi connectivity index (χ2n) is 8.40. The molecule has 0 bridgehead atoms. The zero-order valence-electron chi connectivity index (χ0n) is 18.7. The van der Waals surface area contributed by atoms with E-state index < -0.39 is 18.3 Å². The van der Waals surface area contributed by atoms with Crippen molar-refractivity contribution in [1.29, 1.82) is 0 Å². The lowest BCUT2D eigenvalue weighted by atomic mass is 10.1. The van der Waals surface area contributed by atoms with Crippen molar-refractivity contribution in [3.05, 3.63) is 52.7 Å². The number of nitrogens with zero attached hydrogens (tertiary/aromatic N) is 2. The molecular weight excluding hydrogens is 458 g/mol. The summed E-state index contributed by atoms with van der Waals surface area (Å²) in [5.74, 6) is -2.18. The SMILES string of the molecule is CCc1ccc(CN2CCc3oc(C(=O)N[C@@H]4CC[C@@H](F)C4)nc3C2)cc1.O=C(O)C(F)(F)F. The van der Waals surface area contributed by atoms with Gasteiger partial charge in [0.2, 0.25) is 0 Å². The molecule has 1 aromatic carbocycles. The van der Waals surface area contributed by atoms with Gasteiger partial charge in [-0.2, -0.15) is 13.2 Å². The lowest BCUT2D eigenvalue weighted by Gasteiger charge is -2.25. The number of amides is 1. The number of nitrogens with one attached hydrogen (secondary N) is 1. The smallest absolute Gasteiger partial charge is 0.475 e. The summed E-state index contributed by atoms with van der Waals surface area (Å²) in [5.41, 5.74) is 3.46. The molecule has 1 aliphatic heterocycles. The van der Waals surface area contributed by atoms with Crippen LogP contribution in [0.3, 0.4) is 0 Å². The number of oxazole rings is 1. The number of rotatable bonds is 5. The summed E-state index contributed by atoms with van der Waals surface area (Å²) in [7, 11) is 0. The summed E-state index contributed by atoms with van der Waals surface area (Å²) in [6.07, 6.45) is -2.52. The predicted octanol–water partition coefficient (Wildman–Crippen LogP) is 4.05. The summed E-state index contributed by atoms with van der Waals surface area (Å²) in [6, 6.07) is 8.59. The zero-order valence-corrected chi connectivity index (χ0v) is 18.7. The first-order valence-corrected chi connectivity index (χ1v) is 11.1. The van der Waals surface area contributed by atoms with Crippen LogP contribution in [0.5, 0.6) is 0 Å². The third-order valence-corrected chi connectivity index (χ3v) is 5.78. The second kappa shape index (κ2) is 11.0. The van der Waals surface area contributed by atoms with Crippen molar-refractivity contribution in [2.24, 2.45) is 0 Å². The largest absolute Gasteiger partial charge is 0.490 e. The summed E-state index contributed by atoms with van der Waals surface area (Å²) in [4.78, 5) is 28.0. The number of carbonyl (C=O) groups is 2. The van der Waals surface area contributed by atoms with Gasteiger partial charge in [-0.25, -0.2) is 14.2 Å². The van der Waals surface area contributed by atoms with E-state index in [4.69, 9.17) is 14.3 Å². The second-order valence-corrected chi connectivity index (χ2v) is 8.40. The first kappa shape index (κ1) is 25.7. The Balaban J connectivity index is 0.000000406. The third kappa shape index (κ3) is 7.02. The van der Waals surface area contributed by atoms with Crippen molar-refractivity contribution in [2.75, 3.05) is 6.54 Å². The highest BCUT2D eigenvalue weighted by Crippen LogP contribution is 2.24. The van der Waals surface area contributed by atoms with E-state index in [1.807, 2.05) is 0 Å². The molecule has 1 fully saturated rings. The van der Waals surface area contributed by atoms with Crippen LogP contribution in [0.15, 0.2) is 28.7 Å². The normalized spacial score (nSPS) is 20.3. The molecule has 1 aliphatic carbocycles. The lowest BCUT2D eigenvalue weighted by molar-refractivity contribution is -0.192. The third-order valence-electron chi connectivity index (χ3n) is 5.78. The number of hydrogen-bond donors (Lipinski definition) is 2. The van der Waals surface area contributed by atoms with Crippen LogP contribution in [0, 0.1) is 0 Å². The highest BCUT2D eigenvalue weighted by molar-refractivity contribution is 5.90. The predicted molar refractivity (Wildman–Crippen MR) is 114 cm³/mol. The number of alkyl halides is 4. The molecule has 1 amide bonds. The summed E-state index contributed by atoms with van der Waals surface area (Å²) < 4.78 is 50.7. The summed E-state index contributed by atoms with van der Waals surface area (Å²) in [6.45, 7) is 4.57. The molecule has 2 N–H and O–H groups in total. The number of benzene rings is 1. The van der Waals surface area contributed by atoms with Crippen LogP contribution in [-0.2, 0) is 30.7 Å². The van der Waals surface area contributed by atoms with Gasteiger partial charge < -0.3 is 14.8 Å². The minimum atomic E-state index is -5.08. The molecule has 2 aliphatic rings. The highest BCUT2D eigenvalue weighted by atomic mass is 19.4. The lowest BCUT2D eigenvalue weighted by Crippen LogP contribution is -2.33. The molecule has 0 radical (unpaired) electrons. The van der Waals surface area contributed by atoms with Crippen molar-refractivity contribution >= 4 is 11.9 Å². The monoisotopic (exact) mass is 485 g/mol. The van der Waals surface area contributed by atoms with Gasteiger partial charge in [-0.05, 0) is 36.8 Å². The number of carboxylic acid groups (broad SMARTS) is 1. The Morgan fingerprint density at radius 2 is 1.85 bits per heavy atom. The first-order valence-electron chi connectivity index (χ1n) is 11.1. The summed E-state index contributed by atoms with van der Waals surface area (Å²) >= 11 is 0. The van der Waals surface area contributed by atoms with Gasteiger partial charge in [-0.15, -0.1) is 0 Å². The Kier molecular flexibility index (Phi) is 8.29. The Hall–Kier alpha value is -2.95. The fraction of sp³-hybridized carbons (Fsp3) is 0.522. The Morgan fingerprint density at radius 3 is 2.41 bits per heavy atom. The Labute approximate surface area is 194 Å². The van der Waals surface area contributed by atoms with Crippen molar-refractivity contribution in [3.8, 4) is 0 Å². The number of aryl methyl sites for hydroxylation is 1. The molecule has 1 saturated carbocycles. The number of halogens is 4. The van der Waals surface area contributed by atoms with Crippen LogP contribution in [-0.4, -0.2) is 51.8 Å². The van der Waals surface area contributed by atoms with Gasteiger partial charge in [0.15, 0.2) is 0 Å². The molecule has 2 aromatic rings. The van der Waals surface area contributed by atoms with Crippen molar-refractivity contribution in [1.82, 2.24) is 15.2 Å². The van der Waals surface area contributed by atoms with Gasteiger partial charge in [0.25, 0.3) is 5.89 Å². The fourth-order valence-electron chi connectivity index (χ4n) is 3.93. The average molecular weight is 485 g/mol. The molecule has 2 heterocycles. The topological polar surface area (TPSA) is 95.7 Å². The minimum absolute atomic E-state index is 0.108. The summed E-state index contributed by atoms with van der Waals surface area (Å²) in [5, 5.41) is 9.97.